The van der Waals surface area contributed by atoms with E-state index in [2.05, 4.69) is 4.72 Å². The van der Waals surface area contributed by atoms with Crippen LogP contribution in [0.1, 0.15) is 11.1 Å². The van der Waals surface area contributed by atoms with Crippen LogP contribution in [0.4, 0.5) is 13.2 Å². The molecule has 0 fully saturated rings. The lowest BCUT2D eigenvalue weighted by molar-refractivity contribution is -0.138. The summed E-state index contributed by atoms with van der Waals surface area (Å²) in [5.41, 5.74) is -0.647. The average Bonchev–Trinajstić information content (AvgIpc) is 2.15. The Morgan fingerprint density at radius 3 is 2.35 bits per heavy atom. The molecular weight excluding hydrogens is 255 g/mol. The molecule has 1 rings (SSSR count). The molecule has 1 N–H and O–H groups in total. The van der Waals surface area contributed by atoms with Gasteiger partial charge in [0.25, 0.3) is 0 Å². The van der Waals surface area contributed by atoms with Crippen molar-refractivity contribution in [1.82, 2.24) is 4.72 Å². The first kappa shape index (κ1) is 14.0. The van der Waals surface area contributed by atoms with E-state index in [9.17, 15) is 21.6 Å². The van der Waals surface area contributed by atoms with E-state index >= 15 is 0 Å². The number of hydrogen-bond donors (Lipinski definition) is 1. The monoisotopic (exact) mass is 267 g/mol. The molecule has 0 bridgehead atoms. The van der Waals surface area contributed by atoms with Gasteiger partial charge < -0.3 is 0 Å². The van der Waals surface area contributed by atoms with Gasteiger partial charge >= 0.3 is 6.18 Å². The Morgan fingerprint density at radius 2 is 1.82 bits per heavy atom. The zero-order valence-corrected chi connectivity index (χ0v) is 9.90. The van der Waals surface area contributed by atoms with Gasteiger partial charge in [0.05, 0.1) is 11.8 Å². The maximum absolute atomic E-state index is 12.6. The summed E-state index contributed by atoms with van der Waals surface area (Å²) >= 11 is 0. The van der Waals surface area contributed by atoms with Crippen molar-refractivity contribution < 1.29 is 21.6 Å². The molecule has 7 heteroatoms. The predicted octanol–water partition coefficient (Wildman–Crippen LogP) is 1.80. The minimum Gasteiger partial charge on any atom is -0.215 e. The van der Waals surface area contributed by atoms with Gasteiger partial charge in [0, 0.05) is 6.54 Å². The zero-order valence-electron chi connectivity index (χ0n) is 9.08. The average molecular weight is 267 g/mol. The van der Waals surface area contributed by atoms with Crippen LogP contribution >= 0.6 is 0 Å². The van der Waals surface area contributed by atoms with Gasteiger partial charge in [0.1, 0.15) is 0 Å². The number of sulfonamides is 1. The summed E-state index contributed by atoms with van der Waals surface area (Å²) in [6, 6.07) is 5.11. The summed E-state index contributed by atoms with van der Waals surface area (Å²) in [5.74, 6) is 0. The summed E-state index contributed by atoms with van der Waals surface area (Å²) in [5, 5.41) is 0. The number of nitrogens with one attached hydrogen (secondary N) is 1. The smallest absolute Gasteiger partial charge is 0.215 e. The van der Waals surface area contributed by atoms with Crippen molar-refractivity contribution >= 4 is 10.0 Å². The first-order valence-electron chi connectivity index (χ1n) is 4.80. The fourth-order valence-corrected chi connectivity index (χ4v) is 1.86. The minimum atomic E-state index is -4.41. The summed E-state index contributed by atoms with van der Waals surface area (Å²) in [6.07, 6.45) is -3.45. The molecule has 3 nitrogen and oxygen atoms in total. The van der Waals surface area contributed by atoms with Gasteiger partial charge in [-0.3, -0.25) is 0 Å². The molecular formula is C10H12F3NO2S. The predicted molar refractivity (Wildman–Crippen MR) is 58.0 cm³/mol. The van der Waals surface area contributed by atoms with Gasteiger partial charge in [-0.2, -0.15) is 13.2 Å². The Balaban J connectivity index is 2.78. The Morgan fingerprint density at radius 1 is 1.24 bits per heavy atom. The standard InChI is InChI=1S/C10H12F3NO2S/c1-17(15,16)14-7-6-8-4-2-3-5-9(8)10(11,12)13/h2-5,14H,6-7H2,1H3. The highest BCUT2D eigenvalue weighted by Gasteiger charge is 2.32. The molecule has 17 heavy (non-hydrogen) atoms. The van der Waals surface area contributed by atoms with Crippen LogP contribution in [0.15, 0.2) is 24.3 Å². The van der Waals surface area contributed by atoms with Crippen molar-refractivity contribution in [3.05, 3.63) is 35.4 Å². The summed E-state index contributed by atoms with van der Waals surface area (Å²) in [6.45, 7) is -0.0497. The molecule has 0 amide bonds. The quantitative estimate of drug-likeness (QED) is 0.904. The number of halogens is 3. The van der Waals surface area contributed by atoms with Gasteiger partial charge in [-0.25, -0.2) is 13.1 Å². The molecule has 1 aromatic rings. The number of hydrogen-bond acceptors (Lipinski definition) is 2. The van der Waals surface area contributed by atoms with E-state index in [1.807, 2.05) is 0 Å². The summed E-state index contributed by atoms with van der Waals surface area (Å²) in [4.78, 5) is 0. The fraction of sp³-hybridized carbons (Fsp3) is 0.400. The molecule has 0 unspecified atom stereocenters. The van der Waals surface area contributed by atoms with Crippen molar-refractivity contribution in [1.29, 1.82) is 0 Å². The SMILES string of the molecule is CS(=O)(=O)NCCc1ccccc1C(F)(F)F. The third kappa shape index (κ3) is 4.74. The third-order valence-electron chi connectivity index (χ3n) is 2.08. The molecule has 0 radical (unpaired) electrons. The van der Waals surface area contributed by atoms with Crippen LogP contribution in [0.3, 0.4) is 0 Å². The molecule has 0 saturated heterocycles. The fourth-order valence-electron chi connectivity index (χ4n) is 1.39. The number of alkyl halides is 3. The lowest BCUT2D eigenvalue weighted by Crippen LogP contribution is -2.25. The molecule has 0 aliphatic carbocycles. The van der Waals surface area contributed by atoms with Gasteiger partial charge in [-0.15, -0.1) is 0 Å². The molecule has 0 aliphatic heterocycles. The van der Waals surface area contributed by atoms with Crippen LogP contribution in [-0.2, 0) is 22.6 Å². The van der Waals surface area contributed by atoms with Crippen molar-refractivity contribution in [2.75, 3.05) is 12.8 Å². The molecule has 0 atom stereocenters. The van der Waals surface area contributed by atoms with Gasteiger partial charge in [-0.1, -0.05) is 18.2 Å². The van der Waals surface area contributed by atoms with Crippen LogP contribution in [0, 0.1) is 0 Å². The Bertz CT molecular complexity index is 483. The van der Waals surface area contributed by atoms with Gasteiger partial charge in [0.2, 0.25) is 10.0 Å². The Labute approximate surface area is 97.7 Å². The second-order valence-corrected chi connectivity index (χ2v) is 5.40. The molecule has 0 heterocycles. The molecule has 0 spiro atoms. The summed E-state index contributed by atoms with van der Waals surface area (Å²) in [7, 11) is -3.37. The highest BCUT2D eigenvalue weighted by Crippen LogP contribution is 2.31. The first-order valence-corrected chi connectivity index (χ1v) is 6.69. The second-order valence-electron chi connectivity index (χ2n) is 3.57. The molecule has 1 aromatic carbocycles. The Hall–Kier alpha value is -1.08. The van der Waals surface area contributed by atoms with Crippen molar-refractivity contribution in [3.8, 4) is 0 Å². The lowest BCUT2D eigenvalue weighted by atomic mass is 10.0. The summed E-state index contributed by atoms with van der Waals surface area (Å²) < 4.78 is 61.4. The van der Waals surface area contributed by atoms with Gasteiger partial charge in [-0.05, 0) is 18.1 Å². The molecule has 0 aromatic heterocycles. The minimum absolute atomic E-state index is 0.00273. The topological polar surface area (TPSA) is 46.2 Å². The van der Waals surface area contributed by atoms with Crippen molar-refractivity contribution in [2.45, 2.75) is 12.6 Å². The second kappa shape index (κ2) is 5.05. The largest absolute Gasteiger partial charge is 0.416 e. The van der Waals surface area contributed by atoms with Crippen LogP contribution in [0.5, 0.6) is 0 Å². The van der Waals surface area contributed by atoms with Gasteiger partial charge in [0.15, 0.2) is 0 Å². The molecule has 0 aliphatic rings. The van der Waals surface area contributed by atoms with E-state index in [1.165, 1.54) is 18.2 Å². The maximum atomic E-state index is 12.6. The molecule has 96 valence electrons. The van der Waals surface area contributed by atoms with Crippen LogP contribution in [0.2, 0.25) is 0 Å². The maximum Gasteiger partial charge on any atom is 0.416 e. The highest BCUT2D eigenvalue weighted by atomic mass is 32.2. The Kier molecular flexibility index (Phi) is 4.16. The van der Waals surface area contributed by atoms with Crippen LogP contribution in [0.25, 0.3) is 0 Å². The van der Waals surface area contributed by atoms with E-state index in [0.717, 1.165) is 12.3 Å². The third-order valence-corrected chi connectivity index (χ3v) is 2.81. The highest BCUT2D eigenvalue weighted by molar-refractivity contribution is 7.88. The lowest BCUT2D eigenvalue weighted by Gasteiger charge is -2.12. The van der Waals surface area contributed by atoms with E-state index in [4.69, 9.17) is 0 Å². The zero-order chi connectivity index (χ0) is 13.1. The van der Waals surface area contributed by atoms with Crippen LogP contribution in [-0.4, -0.2) is 21.2 Å². The van der Waals surface area contributed by atoms with E-state index in [1.54, 1.807) is 0 Å². The van der Waals surface area contributed by atoms with E-state index < -0.39 is 21.8 Å². The van der Waals surface area contributed by atoms with Crippen molar-refractivity contribution in [3.63, 3.8) is 0 Å². The molecule has 0 saturated carbocycles. The van der Waals surface area contributed by atoms with E-state index in [-0.39, 0.29) is 18.5 Å². The number of rotatable bonds is 4. The number of benzene rings is 1. The van der Waals surface area contributed by atoms with Crippen LogP contribution < -0.4 is 4.72 Å². The van der Waals surface area contributed by atoms with Crippen molar-refractivity contribution in [2.24, 2.45) is 0 Å². The van der Waals surface area contributed by atoms with E-state index in [0.29, 0.717) is 0 Å². The normalized spacial score (nSPS) is 12.7. The first-order chi connectivity index (χ1) is 7.70.